The fraction of sp³-hybridized carbons (Fsp3) is 0.333. The standard InChI is InChI=1S/C9H9ClF2O3S/c10-16(13,14)5-1-4-15-7-2-3-8(11)9(12)6-7/h2-3,6H,1,4-5H2. The summed E-state index contributed by atoms with van der Waals surface area (Å²) in [6.45, 7) is 0.0665. The van der Waals surface area contributed by atoms with Crippen molar-refractivity contribution >= 4 is 19.7 Å². The minimum absolute atomic E-state index is 0.0665. The lowest BCUT2D eigenvalue weighted by molar-refractivity contribution is 0.315. The van der Waals surface area contributed by atoms with E-state index in [1.165, 1.54) is 6.07 Å². The van der Waals surface area contributed by atoms with Gasteiger partial charge in [0.2, 0.25) is 9.05 Å². The number of benzene rings is 1. The molecule has 0 fully saturated rings. The van der Waals surface area contributed by atoms with Crippen molar-refractivity contribution in [3.05, 3.63) is 29.8 Å². The highest BCUT2D eigenvalue weighted by Gasteiger charge is 2.06. The first kappa shape index (κ1) is 13.2. The first-order chi connectivity index (χ1) is 7.38. The Bertz CT molecular complexity index is 462. The van der Waals surface area contributed by atoms with Gasteiger partial charge >= 0.3 is 0 Å². The van der Waals surface area contributed by atoms with Crippen LogP contribution < -0.4 is 4.74 Å². The monoisotopic (exact) mass is 270 g/mol. The normalized spacial score (nSPS) is 11.4. The number of hydrogen-bond donors (Lipinski definition) is 0. The van der Waals surface area contributed by atoms with E-state index in [4.69, 9.17) is 15.4 Å². The topological polar surface area (TPSA) is 43.4 Å². The van der Waals surface area contributed by atoms with E-state index in [2.05, 4.69) is 0 Å². The Labute approximate surface area is 96.4 Å². The summed E-state index contributed by atoms with van der Waals surface area (Å²) in [6.07, 6.45) is 0.185. The van der Waals surface area contributed by atoms with E-state index in [9.17, 15) is 17.2 Å². The Balaban J connectivity index is 2.41. The van der Waals surface area contributed by atoms with Crippen molar-refractivity contribution in [2.45, 2.75) is 6.42 Å². The van der Waals surface area contributed by atoms with E-state index in [0.29, 0.717) is 0 Å². The Morgan fingerprint density at radius 1 is 1.25 bits per heavy atom. The molecule has 0 amide bonds. The quantitative estimate of drug-likeness (QED) is 0.609. The van der Waals surface area contributed by atoms with E-state index >= 15 is 0 Å². The SMILES string of the molecule is O=S(=O)(Cl)CCCOc1ccc(F)c(F)c1. The molecule has 1 aromatic rings. The van der Waals surface area contributed by atoms with Crippen LogP contribution in [0, 0.1) is 11.6 Å². The van der Waals surface area contributed by atoms with Gasteiger partial charge in [-0.05, 0) is 18.6 Å². The predicted molar refractivity (Wildman–Crippen MR) is 56.1 cm³/mol. The third kappa shape index (κ3) is 4.76. The summed E-state index contributed by atoms with van der Waals surface area (Å²) in [5, 5.41) is 0. The van der Waals surface area contributed by atoms with Crippen LogP contribution in [0.2, 0.25) is 0 Å². The van der Waals surface area contributed by atoms with Crippen molar-refractivity contribution in [1.82, 2.24) is 0 Å². The molecule has 0 bridgehead atoms. The molecule has 90 valence electrons. The van der Waals surface area contributed by atoms with Gasteiger partial charge in [-0.25, -0.2) is 17.2 Å². The van der Waals surface area contributed by atoms with Crippen LogP contribution in [0.25, 0.3) is 0 Å². The van der Waals surface area contributed by atoms with Crippen molar-refractivity contribution in [2.75, 3.05) is 12.4 Å². The van der Waals surface area contributed by atoms with Crippen LogP contribution in [0.5, 0.6) is 5.75 Å². The predicted octanol–water partition coefficient (Wildman–Crippen LogP) is 2.30. The zero-order valence-electron chi connectivity index (χ0n) is 8.12. The maximum atomic E-state index is 12.7. The van der Waals surface area contributed by atoms with Crippen molar-refractivity contribution in [1.29, 1.82) is 0 Å². The van der Waals surface area contributed by atoms with Crippen LogP contribution in [0.3, 0.4) is 0 Å². The molecule has 0 atom stereocenters. The summed E-state index contributed by atoms with van der Waals surface area (Å²) in [7, 11) is 1.43. The molecule has 16 heavy (non-hydrogen) atoms. The molecule has 0 saturated carbocycles. The van der Waals surface area contributed by atoms with Gasteiger partial charge < -0.3 is 4.74 Å². The van der Waals surface area contributed by atoms with Crippen molar-refractivity contribution in [2.24, 2.45) is 0 Å². The summed E-state index contributed by atoms with van der Waals surface area (Å²) in [4.78, 5) is 0. The summed E-state index contributed by atoms with van der Waals surface area (Å²) in [5.41, 5.74) is 0. The molecular weight excluding hydrogens is 262 g/mol. The smallest absolute Gasteiger partial charge is 0.232 e. The molecule has 0 saturated heterocycles. The van der Waals surface area contributed by atoms with E-state index in [1.807, 2.05) is 0 Å². The molecule has 1 rings (SSSR count). The van der Waals surface area contributed by atoms with Crippen LogP contribution >= 0.6 is 10.7 Å². The fourth-order valence-electron chi connectivity index (χ4n) is 0.988. The van der Waals surface area contributed by atoms with Gasteiger partial charge in [-0.3, -0.25) is 0 Å². The van der Waals surface area contributed by atoms with Crippen LogP contribution in [0.4, 0.5) is 8.78 Å². The third-order valence-corrected chi connectivity index (χ3v) is 2.93. The van der Waals surface area contributed by atoms with Crippen molar-refractivity contribution < 1.29 is 21.9 Å². The Morgan fingerprint density at radius 2 is 1.94 bits per heavy atom. The number of rotatable bonds is 5. The summed E-state index contributed by atoms with van der Waals surface area (Å²) in [6, 6.07) is 3.08. The molecule has 1 aromatic carbocycles. The van der Waals surface area contributed by atoms with E-state index < -0.39 is 20.7 Å². The average Bonchev–Trinajstić information content (AvgIpc) is 2.17. The first-order valence-corrected chi connectivity index (χ1v) is 6.86. The minimum atomic E-state index is -3.54. The van der Waals surface area contributed by atoms with Gasteiger partial charge in [-0.15, -0.1) is 0 Å². The Morgan fingerprint density at radius 3 is 2.50 bits per heavy atom. The second kappa shape index (κ2) is 5.45. The fourth-order valence-corrected chi connectivity index (χ4v) is 1.78. The second-order valence-electron chi connectivity index (χ2n) is 3.02. The van der Waals surface area contributed by atoms with Gasteiger partial charge in [0.25, 0.3) is 0 Å². The van der Waals surface area contributed by atoms with Gasteiger partial charge in [-0.2, -0.15) is 0 Å². The highest BCUT2D eigenvalue weighted by molar-refractivity contribution is 8.13. The average molecular weight is 271 g/mol. The van der Waals surface area contributed by atoms with Crippen LogP contribution in [0.1, 0.15) is 6.42 Å². The largest absolute Gasteiger partial charge is 0.493 e. The molecule has 0 aliphatic rings. The van der Waals surface area contributed by atoms with Gasteiger partial charge in [0.05, 0.1) is 12.4 Å². The van der Waals surface area contributed by atoms with E-state index in [1.54, 1.807) is 0 Å². The lowest BCUT2D eigenvalue weighted by atomic mass is 10.3. The van der Waals surface area contributed by atoms with E-state index in [-0.39, 0.29) is 24.5 Å². The van der Waals surface area contributed by atoms with Crippen LogP contribution in [0.15, 0.2) is 18.2 Å². The summed E-state index contributed by atoms with van der Waals surface area (Å²) < 4.78 is 51.3. The van der Waals surface area contributed by atoms with Gasteiger partial charge in [0.1, 0.15) is 5.75 Å². The highest BCUT2D eigenvalue weighted by Crippen LogP contribution is 2.15. The highest BCUT2D eigenvalue weighted by atomic mass is 35.7. The van der Waals surface area contributed by atoms with Gasteiger partial charge in [0.15, 0.2) is 11.6 Å². The Kier molecular flexibility index (Phi) is 4.49. The zero-order valence-corrected chi connectivity index (χ0v) is 9.69. The molecule has 7 heteroatoms. The molecule has 0 aliphatic heterocycles. The van der Waals surface area contributed by atoms with Crippen LogP contribution in [-0.4, -0.2) is 20.8 Å². The first-order valence-electron chi connectivity index (χ1n) is 4.39. The van der Waals surface area contributed by atoms with E-state index in [0.717, 1.165) is 12.1 Å². The molecule has 0 unspecified atom stereocenters. The maximum Gasteiger partial charge on any atom is 0.232 e. The zero-order chi connectivity index (χ0) is 12.2. The number of ether oxygens (including phenoxy) is 1. The molecule has 0 heterocycles. The van der Waals surface area contributed by atoms with Crippen LogP contribution in [-0.2, 0) is 9.05 Å². The molecule has 0 radical (unpaired) electrons. The molecule has 3 nitrogen and oxygen atoms in total. The maximum absolute atomic E-state index is 12.7. The lowest BCUT2D eigenvalue weighted by Gasteiger charge is -2.05. The number of hydrogen-bond acceptors (Lipinski definition) is 3. The number of halogens is 3. The molecule has 0 aromatic heterocycles. The van der Waals surface area contributed by atoms with Gasteiger partial charge in [-0.1, -0.05) is 0 Å². The van der Waals surface area contributed by atoms with Crippen molar-refractivity contribution in [3.63, 3.8) is 0 Å². The minimum Gasteiger partial charge on any atom is -0.493 e. The third-order valence-electron chi connectivity index (χ3n) is 1.69. The second-order valence-corrected chi connectivity index (χ2v) is 5.92. The molecule has 0 spiro atoms. The summed E-state index contributed by atoms with van der Waals surface area (Å²) >= 11 is 0. The summed E-state index contributed by atoms with van der Waals surface area (Å²) in [5.74, 6) is -2.05. The molecule has 0 aliphatic carbocycles. The van der Waals surface area contributed by atoms with Crippen molar-refractivity contribution in [3.8, 4) is 5.75 Å². The Hall–Kier alpha value is -0.880. The lowest BCUT2D eigenvalue weighted by Crippen LogP contribution is -2.05. The van der Waals surface area contributed by atoms with Gasteiger partial charge in [0, 0.05) is 16.7 Å². The molecule has 0 N–H and O–H groups in total. The molecular formula is C9H9ClF2O3S.